The molecule has 1 aromatic carbocycles. The van der Waals surface area contributed by atoms with Crippen molar-refractivity contribution in [2.24, 2.45) is 0 Å². The molecule has 0 unspecified atom stereocenters. The zero-order chi connectivity index (χ0) is 16.6. The highest BCUT2D eigenvalue weighted by Crippen LogP contribution is 2.24. The Balaban J connectivity index is 1.83. The van der Waals surface area contributed by atoms with Crippen LogP contribution in [0.4, 0.5) is 0 Å². The van der Waals surface area contributed by atoms with Crippen molar-refractivity contribution in [1.29, 1.82) is 0 Å². The molecule has 3 rings (SSSR count). The SMILES string of the molecule is CCn1nc(C)c(C(=O)N[C@@H](C)c2cc3ccccc3o2)c1C. The summed E-state index contributed by atoms with van der Waals surface area (Å²) in [5, 5.41) is 8.44. The smallest absolute Gasteiger partial charge is 0.255 e. The van der Waals surface area contributed by atoms with Gasteiger partial charge in [0, 0.05) is 17.6 Å². The number of carbonyl (C=O) groups excluding carboxylic acids is 1. The van der Waals surface area contributed by atoms with Crippen molar-refractivity contribution >= 4 is 16.9 Å². The number of hydrogen-bond acceptors (Lipinski definition) is 3. The van der Waals surface area contributed by atoms with Crippen LogP contribution in [-0.2, 0) is 6.54 Å². The first-order chi connectivity index (χ1) is 11.0. The van der Waals surface area contributed by atoms with Crippen molar-refractivity contribution in [3.8, 4) is 0 Å². The number of furan rings is 1. The van der Waals surface area contributed by atoms with Crippen molar-refractivity contribution in [1.82, 2.24) is 15.1 Å². The van der Waals surface area contributed by atoms with Gasteiger partial charge >= 0.3 is 0 Å². The molecule has 120 valence electrons. The van der Waals surface area contributed by atoms with Crippen LogP contribution in [0.5, 0.6) is 0 Å². The minimum Gasteiger partial charge on any atom is -0.459 e. The van der Waals surface area contributed by atoms with Gasteiger partial charge in [-0.25, -0.2) is 0 Å². The molecule has 1 amide bonds. The fourth-order valence-electron chi connectivity index (χ4n) is 2.89. The second-order valence-electron chi connectivity index (χ2n) is 5.74. The molecule has 0 aliphatic rings. The van der Waals surface area contributed by atoms with Crippen LogP contribution in [0.15, 0.2) is 34.7 Å². The molecule has 5 heteroatoms. The van der Waals surface area contributed by atoms with Gasteiger partial charge in [-0.3, -0.25) is 9.48 Å². The van der Waals surface area contributed by atoms with Gasteiger partial charge in [-0.2, -0.15) is 5.10 Å². The number of nitrogens with zero attached hydrogens (tertiary/aromatic N) is 2. The van der Waals surface area contributed by atoms with Crippen LogP contribution in [0.2, 0.25) is 0 Å². The number of amides is 1. The summed E-state index contributed by atoms with van der Waals surface area (Å²) in [5.41, 5.74) is 3.11. The maximum Gasteiger partial charge on any atom is 0.255 e. The number of aryl methyl sites for hydroxylation is 2. The number of fused-ring (bicyclic) bond motifs is 1. The van der Waals surface area contributed by atoms with Crippen molar-refractivity contribution < 1.29 is 9.21 Å². The Hall–Kier alpha value is -2.56. The third-order valence-corrected chi connectivity index (χ3v) is 4.13. The number of para-hydroxylation sites is 1. The molecule has 0 aliphatic heterocycles. The number of carbonyl (C=O) groups is 1. The summed E-state index contributed by atoms with van der Waals surface area (Å²) in [4.78, 5) is 12.6. The molecule has 2 aromatic heterocycles. The van der Waals surface area contributed by atoms with E-state index in [9.17, 15) is 4.79 Å². The number of aromatic nitrogens is 2. The molecule has 5 nitrogen and oxygen atoms in total. The van der Waals surface area contributed by atoms with E-state index < -0.39 is 0 Å². The molecular weight excluding hydrogens is 290 g/mol. The molecular formula is C18H21N3O2. The van der Waals surface area contributed by atoms with Crippen LogP contribution >= 0.6 is 0 Å². The third kappa shape index (κ3) is 2.74. The summed E-state index contributed by atoms with van der Waals surface area (Å²) in [7, 11) is 0. The van der Waals surface area contributed by atoms with Gasteiger partial charge in [-0.15, -0.1) is 0 Å². The van der Waals surface area contributed by atoms with Gasteiger partial charge in [0.1, 0.15) is 11.3 Å². The van der Waals surface area contributed by atoms with Gasteiger partial charge in [-0.05, 0) is 39.8 Å². The van der Waals surface area contributed by atoms with E-state index in [0.717, 1.165) is 34.7 Å². The molecule has 1 atom stereocenters. The number of rotatable bonds is 4. The topological polar surface area (TPSA) is 60.1 Å². The summed E-state index contributed by atoms with van der Waals surface area (Å²) in [6.45, 7) is 8.46. The third-order valence-electron chi connectivity index (χ3n) is 4.13. The molecule has 0 spiro atoms. The Kier molecular flexibility index (Phi) is 3.94. The summed E-state index contributed by atoms with van der Waals surface area (Å²) in [6.07, 6.45) is 0. The van der Waals surface area contributed by atoms with E-state index in [1.807, 2.05) is 62.7 Å². The van der Waals surface area contributed by atoms with Crippen molar-refractivity contribution in [2.75, 3.05) is 0 Å². The summed E-state index contributed by atoms with van der Waals surface area (Å²) >= 11 is 0. The zero-order valence-electron chi connectivity index (χ0n) is 13.9. The average molecular weight is 311 g/mol. The minimum atomic E-state index is -0.210. The standard InChI is InChI=1S/C18H21N3O2/c1-5-21-13(4)17(12(3)20-21)18(22)19-11(2)16-10-14-8-6-7-9-15(14)23-16/h6-11H,5H2,1-4H3,(H,19,22)/t11-/m0/s1. The maximum absolute atomic E-state index is 12.6. The van der Waals surface area contributed by atoms with Crippen LogP contribution in [0.1, 0.15) is 47.4 Å². The summed E-state index contributed by atoms with van der Waals surface area (Å²) < 4.78 is 7.66. The monoisotopic (exact) mass is 311 g/mol. The second-order valence-corrected chi connectivity index (χ2v) is 5.74. The van der Waals surface area contributed by atoms with Crippen LogP contribution in [0.3, 0.4) is 0 Å². The van der Waals surface area contributed by atoms with E-state index >= 15 is 0 Å². The lowest BCUT2D eigenvalue weighted by Gasteiger charge is -2.11. The molecule has 0 bridgehead atoms. The second kappa shape index (κ2) is 5.91. The first-order valence-electron chi connectivity index (χ1n) is 7.84. The van der Waals surface area contributed by atoms with Gasteiger partial charge in [0.25, 0.3) is 5.91 Å². The maximum atomic E-state index is 12.6. The van der Waals surface area contributed by atoms with E-state index in [0.29, 0.717) is 5.56 Å². The van der Waals surface area contributed by atoms with E-state index in [1.165, 1.54) is 0 Å². The zero-order valence-corrected chi connectivity index (χ0v) is 13.9. The van der Waals surface area contributed by atoms with Gasteiger partial charge in [0.15, 0.2) is 0 Å². The molecule has 0 fully saturated rings. The number of hydrogen-bond donors (Lipinski definition) is 1. The summed E-state index contributed by atoms with van der Waals surface area (Å²) in [5.74, 6) is 0.630. The minimum absolute atomic E-state index is 0.118. The van der Waals surface area contributed by atoms with Crippen LogP contribution < -0.4 is 5.32 Å². The largest absolute Gasteiger partial charge is 0.459 e. The predicted molar refractivity (Wildman–Crippen MR) is 89.5 cm³/mol. The van der Waals surface area contributed by atoms with Crippen LogP contribution in [-0.4, -0.2) is 15.7 Å². The van der Waals surface area contributed by atoms with Gasteiger partial charge in [-0.1, -0.05) is 18.2 Å². The first-order valence-corrected chi connectivity index (χ1v) is 7.84. The Labute approximate surface area is 135 Å². The lowest BCUT2D eigenvalue weighted by molar-refractivity contribution is 0.0934. The highest BCUT2D eigenvalue weighted by Gasteiger charge is 2.21. The average Bonchev–Trinajstić information content (AvgIpc) is 3.08. The van der Waals surface area contributed by atoms with Gasteiger partial charge in [0.2, 0.25) is 0 Å². The fraction of sp³-hybridized carbons (Fsp3) is 0.333. The van der Waals surface area contributed by atoms with Crippen molar-refractivity contribution in [3.63, 3.8) is 0 Å². The molecule has 0 saturated heterocycles. The Morgan fingerprint density at radius 2 is 2.09 bits per heavy atom. The van der Waals surface area contributed by atoms with E-state index in [4.69, 9.17) is 4.42 Å². The Morgan fingerprint density at radius 3 is 2.74 bits per heavy atom. The Morgan fingerprint density at radius 1 is 1.35 bits per heavy atom. The number of nitrogens with one attached hydrogen (secondary N) is 1. The summed E-state index contributed by atoms with van der Waals surface area (Å²) in [6, 6.07) is 9.58. The van der Waals surface area contributed by atoms with Crippen molar-refractivity contribution in [2.45, 2.75) is 40.3 Å². The van der Waals surface area contributed by atoms with E-state index in [-0.39, 0.29) is 11.9 Å². The van der Waals surface area contributed by atoms with Crippen LogP contribution in [0, 0.1) is 13.8 Å². The quantitative estimate of drug-likeness (QED) is 0.798. The molecule has 0 radical (unpaired) electrons. The highest BCUT2D eigenvalue weighted by atomic mass is 16.3. The van der Waals surface area contributed by atoms with E-state index in [2.05, 4.69) is 10.4 Å². The number of benzene rings is 1. The molecule has 23 heavy (non-hydrogen) atoms. The first kappa shape index (κ1) is 15.3. The highest BCUT2D eigenvalue weighted by molar-refractivity contribution is 5.96. The van der Waals surface area contributed by atoms with Crippen molar-refractivity contribution in [3.05, 3.63) is 53.0 Å². The fourth-order valence-corrected chi connectivity index (χ4v) is 2.89. The van der Waals surface area contributed by atoms with Crippen LogP contribution in [0.25, 0.3) is 11.0 Å². The molecule has 1 N–H and O–H groups in total. The lowest BCUT2D eigenvalue weighted by Crippen LogP contribution is -2.27. The van der Waals surface area contributed by atoms with Gasteiger partial charge in [0.05, 0.1) is 17.3 Å². The molecule has 0 saturated carbocycles. The lowest BCUT2D eigenvalue weighted by atomic mass is 10.1. The van der Waals surface area contributed by atoms with E-state index in [1.54, 1.807) is 0 Å². The molecule has 0 aliphatic carbocycles. The molecule has 2 heterocycles. The molecule has 3 aromatic rings. The normalized spacial score (nSPS) is 12.5. The predicted octanol–water partition coefficient (Wildman–Crippen LogP) is 3.76. The Bertz CT molecular complexity index is 827. The van der Waals surface area contributed by atoms with Gasteiger partial charge < -0.3 is 9.73 Å².